The topological polar surface area (TPSA) is 81.4 Å². The van der Waals surface area contributed by atoms with Crippen molar-refractivity contribution in [1.82, 2.24) is 4.90 Å². The Kier molecular flexibility index (Phi) is 5.56. The van der Waals surface area contributed by atoms with Crippen LogP contribution in [0.2, 0.25) is 0 Å². The molecule has 0 saturated carbocycles. The molecule has 0 bridgehead atoms. The molecule has 7 heteroatoms. The molecule has 3 heterocycles. The van der Waals surface area contributed by atoms with Crippen LogP contribution in [0.1, 0.15) is 43.7 Å². The summed E-state index contributed by atoms with van der Waals surface area (Å²) in [5, 5.41) is 11.8. The Hall–Kier alpha value is -3.35. The number of carbonyl (C=O) groups excluding carboxylic acids is 1. The van der Waals surface area contributed by atoms with Crippen LogP contribution in [0.15, 0.2) is 41.0 Å². The monoisotopic (exact) mass is 451 g/mol. The fourth-order valence-electron chi connectivity index (χ4n) is 5.33. The van der Waals surface area contributed by atoms with E-state index in [-0.39, 0.29) is 24.9 Å². The fraction of sp³-hybridized carbons (Fsp3) is 0.423. The minimum Gasteiger partial charge on any atom is -0.507 e. The molecular formula is C26H29NO6. The number of hydrogen-bond donors (Lipinski definition) is 1. The Morgan fingerprint density at radius 3 is 2.67 bits per heavy atom. The van der Waals surface area contributed by atoms with Crippen molar-refractivity contribution in [3.63, 3.8) is 0 Å². The standard InChI is InChI=1S/C26H29NO6/c1-15-8-16(2)13-27(12-15)24(29)10-19(17-4-5-21-23(9-17)33-14-32-21)25-20(28)11-22-18(6-7-31-22)26(25)30-3/h4-7,9,11,15-16,19,28H,8,10,12-14H2,1-3H3/t15-,16?,19?/m1/s1. The Morgan fingerprint density at radius 1 is 1.15 bits per heavy atom. The Bertz CT molecular complexity index is 1170. The number of phenols is 1. The number of amides is 1. The molecule has 0 spiro atoms. The van der Waals surface area contributed by atoms with Crippen molar-refractivity contribution in [1.29, 1.82) is 0 Å². The lowest BCUT2D eigenvalue weighted by atomic mass is 9.85. The highest BCUT2D eigenvalue weighted by atomic mass is 16.7. The summed E-state index contributed by atoms with van der Waals surface area (Å²) in [4.78, 5) is 15.5. The molecule has 1 N–H and O–H groups in total. The number of phenolic OH excluding ortho intramolecular Hbond substituents is 1. The molecule has 0 aliphatic carbocycles. The first-order valence-corrected chi connectivity index (χ1v) is 11.4. The van der Waals surface area contributed by atoms with E-state index in [9.17, 15) is 9.90 Å². The molecule has 3 aromatic rings. The third-order valence-corrected chi connectivity index (χ3v) is 6.68. The molecule has 0 radical (unpaired) electrons. The number of benzene rings is 2. The van der Waals surface area contributed by atoms with Gasteiger partial charge in [0.25, 0.3) is 0 Å². The summed E-state index contributed by atoms with van der Waals surface area (Å²) in [6.45, 7) is 6.04. The number of likely N-dealkylation sites (tertiary alicyclic amines) is 1. The molecule has 2 aliphatic rings. The Morgan fingerprint density at radius 2 is 1.91 bits per heavy atom. The van der Waals surface area contributed by atoms with Crippen LogP contribution in [0.5, 0.6) is 23.0 Å². The third-order valence-electron chi connectivity index (χ3n) is 6.68. The van der Waals surface area contributed by atoms with Crippen molar-refractivity contribution in [2.24, 2.45) is 11.8 Å². The number of furan rings is 1. The number of ether oxygens (including phenoxy) is 3. The summed E-state index contributed by atoms with van der Waals surface area (Å²) >= 11 is 0. The third kappa shape index (κ3) is 3.96. The summed E-state index contributed by atoms with van der Waals surface area (Å²) < 4.78 is 22.3. The summed E-state index contributed by atoms with van der Waals surface area (Å²) in [6, 6.07) is 9.05. The van der Waals surface area contributed by atoms with Gasteiger partial charge in [0.15, 0.2) is 11.5 Å². The maximum absolute atomic E-state index is 13.5. The van der Waals surface area contributed by atoms with Gasteiger partial charge in [-0.15, -0.1) is 0 Å². The molecule has 1 amide bonds. The van der Waals surface area contributed by atoms with Gasteiger partial charge in [-0.1, -0.05) is 19.9 Å². The van der Waals surface area contributed by atoms with E-state index in [2.05, 4.69) is 13.8 Å². The van der Waals surface area contributed by atoms with Crippen LogP contribution in [0.25, 0.3) is 11.0 Å². The predicted octanol–water partition coefficient (Wildman–Crippen LogP) is 4.90. The van der Waals surface area contributed by atoms with E-state index >= 15 is 0 Å². The molecule has 33 heavy (non-hydrogen) atoms. The summed E-state index contributed by atoms with van der Waals surface area (Å²) in [6.07, 6.45) is 2.89. The van der Waals surface area contributed by atoms with Crippen molar-refractivity contribution < 1.29 is 28.5 Å². The highest BCUT2D eigenvalue weighted by molar-refractivity contribution is 5.89. The van der Waals surface area contributed by atoms with Crippen LogP contribution in [-0.4, -0.2) is 42.9 Å². The summed E-state index contributed by atoms with van der Waals surface area (Å²) in [7, 11) is 1.57. The number of methoxy groups -OCH3 is 1. The van der Waals surface area contributed by atoms with E-state index in [0.717, 1.165) is 30.5 Å². The minimum absolute atomic E-state index is 0.0325. The Balaban J connectivity index is 1.59. The molecule has 5 rings (SSSR count). The predicted molar refractivity (Wildman–Crippen MR) is 123 cm³/mol. The van der Waals surface area contributed by atoms with Crippen LogP contribution < -0.4 is 14.2 Å². The van der Waals surface area contributed by atoms with Gasteiger partial charge in [0.2, 0.25) is 12.7 Å². The minimum atomic E-state index is -0.436. The zero-order chi connectivity index (χ0) is 23.1. The molecular weight excluding hydrogens is 422 g/mol. The Labute approximate surface area is 192 Å². The second kappa shape index (κ2) is 8.54. The van der Waals surface area contributed by atoms with Gasteiger partial charge in [-0.05, 0) is 42.0 Å². The van der Waals surface area contributed by atoms with Crippen LogP contribution >= 0.6 is 0 Å². The van der Waals surface area contributed by atoms with E-state index in [1.165, 1.54) is 0 Å². The molecule has 2 unspecified atom stereocenters. The molecule has 1 aromatic heterocycles. The van der Waals surface area contributed by atoms with Gasteiger partial charge in [-0.25, -0.2) is 0 Å². The lowest BCUT2D eigenvalue weighted by molar-refractivity contribution is -0.134. The SMILES string of the molecule is COc1c(C(CC(=O)N2CC(C)C[C@@H](C)C2)c2ccc3c(c2)OCO3)c(O)cc2occc12. The summed E-state index contributed by atoms with van der Waals surface area (Å²) in [5.74, 6) is 2.40. The van der Waals surface area contributed by atoms with Crippen molar-refractivity contribution in [3.05, 3.63) is 47.7 Å². The molecule has 1 fully saturated rings. The second-order valence-corrected chi connectivity index (χ2v) is 9.29. The first-order chi connectivity index (χ1) is 15.9. The maximum Gasteiger partial charge on any atom is 0.231 e. The number of carbonyl (C=O) groups is 1. The van der Waals surface area contributed by atoms with Crippen molar-refractivity contribution in [3.8, 4) is 23.0 Å². The maximum atomic E-state index is 13.5. The lowest BCUT2D eigenvalue weighted by Crippen LogP contribution is -2.43. The number of nitrogens with zero attached hydrogens (tertiary/aromatic N) is 1. The largest absolute Gasteiger partial charge is 0.507 e. The van der Waals surface area contributed by atoms with Crippen LogP contribution in [0.4, 0.5) is 0 Å². The zero-order valence-electron chi connectivity index (χ0n) is 19.2. The summed E-state index contributed by atoms with van der Waals surface area (Å²) in [5.41, 5.74) is 1.95. The highest BCUT2D eigenvalue weighted by Gasteiger charge is 2.32. The van der Waals surface area contributed by atoms with Gasteiger partial charge >= 0.3 is 0 Å². The number of hydrogen-bond acceptors (Lipinski definition) is 6. The van der Waals surface area contributed by atoms with Crippen LogP contribution in [0, 0.1) is 11.8 Å². The van der Waals surface area contributed by atoms with Crippen LogP contribution in [0.3, 0.4) is 0 Å². The molecule has 174 valence electrons. The smallest absolute Gasteiger partial charge is 0.231 e. The molecule has 3 atom stereocenters. The van der Waals surface area contributed by atoms with Gasteiger partial charge in [0, 0.05) is 37.1 Å². The van der Waals surface area contributed by atoms with E-state index in [4.69, 9.17) is 18.6 Å². The van der Waals surface area contributed by atoms with Gasteiger partial charge in [-0.3, -0.25) is 4.79 Å². The van der Waals surface area contributed by atoms with E-state index < -0.39 is 5.92 Å². The van der Waals surface area contributed by atoms with Gasteiger partial charge in [0.1, 0.15) is 17.1 Å². The van der Waals surface area contributed by atoms with Crippen LogP contribution in [-0.2, 0) is 4.79 Å². The van der Waals surface area contributed by atoms with E-state index in [0.29, 0.717) is 40.2 Å². The molecule has 1 saturated heterocycles. The number of aromatic hydroxyl groups is 1. The van der Waals surface area contributed by atoms with E-state index in [1.54, 1.807) is 19.4 Å². The van der Waals surface area contributed by atoms with Crippen molar-refractivity contribution in [2.45, 2.75) is 32.6 Å². The first kappa shape index (κ1) is 21.5. The lowest BCUT2D eigenvalue weighted by Gasteiger charge is -2.36. The zero-order valence-corrected chi connectivity index (χ0v) is 19.2. The van der Waals surface area contributed by atoms with Crippen molar-refractivity contribution in [2.75, 3.05) is 27.0 Å². The van der Waals surface area contributed by atoms with Crippen molar-refractivity contribution >= 4 is 16.9 Å². The highest BCUT2D eigenvalue weighted by Crippen LogP contribution is 2.47. The molecule has 2 aliphatic heterocycles. The molecule has 7 nitrogen and oxygen atoms in total. The van der Waals surface area contributed by atoms with Gasteiger partial charge < -0.3 is 28.6 Å². The first-order valence-electron chi connectivity index (χ1n) is 11.4. The van der Waals surface area contributed by atoms with Gasteiger partial charge in [-0.2, -0.15) is 0 Å². The van der Waals surface area contributed by atoms with E-state index in [1.807, 2.05) is 29.2 Å². The number of rotatable bonds is 5. The quantitative estimate of drug-likeness (QED) is 0.594. The number of piperidine rings is 1. The normalized spacial score (nSPS) is 20.8. The molecule has 2 aromatic carbocycles. The second-order valence-electron chi connectivity index (χ2n) is 9.29. The average Bonchev–Trinajstić information content (AvgIpc) is 3.44. The van der Waals surface area contributed by atoms with Gasteiger partial charge in [0.05, 0.1) is 18.8 Å². The average molecular weight is 452 g/mol. The fourth-order valence-corrected chi connectivity index (χ4v) is 5.33. The number of fused-ring (bicyclic) bond motifs is 2.